The van der Waals surface area contributed by atoms with E-state index in [1.54, 1.807) is 47.4 Å². The van der Waals surface area contributed by atoms with Crippen LogP contribution in [0.15, 0.2) is 72.8 Å². The van der Waals surface area contributed by atoms with Gasteiger partial charge < -0.3 is 15.0 Å². The average molecular weight is 485 g/mol. The van der Waals surface area contributed by atoms with Gasteiger partial charge in [-0.1, -0.05) is 24.0 Å². The molecule has 0 radical (unpaired) electrons. The number of carbonyl (C=O) groups is 3. The van der Waals surface area contributed by atoms with E-state index < -0.39 is 11.8 Å². The first kappa shape index (κ1) is 24.7. The van der Waals surface area contributed by atoms with E-state index in [9.17, 15) is 18.8 Å². The molecule has 1 aliphatic heterocycles. The third-order valence-corrected chi connectivity index (χ3v) is 5.94. The minimum Gasteiger partial charge on any atom is -0.465 e. The quantitative estimate of drug-likeness (QED) is 0.437. The van der Waals surface area contributed by atoms with E-state index in [0.29, 0.717) is 53.9 Å². The first-order chi connectivity index (χ1) is 17.4. The number of piperidine rings is 1. The van der Waals surface area contributed by atoms with Crippen molar-refractivity contribution in [2.24, 2.45) is 5.92 Å². The zero-order valence-electron chi connectivity index (χ0n) is 19.8. The van der Waals surface area contributed by atoms with Crippen LogP contribution in [0.2, 0.25) is 0 Å². The van der Waals surface area contributed by atoms with Crippen LogP contribution in [0.5, 0.6) is 0 Å². The number of ether oxygens (including phenoxy) is 1. The summed E-state index contributed by atoms with van der Waals surface area (Å²) in [5, 5.41) is 2.93. The zero-order chi connectivity index (χ0) is 25.5. The third-order valence-electron chi connectivity index (χ3n) is 5.94. The molecule has 1 unspecified atom stereocenters. The lowest BCUT2D eigenvalue weighted by Gasteiger charge is -2.32. The van der Waals surface area contributed by atoms with Gasteiger partial charge in [-0.3, -0.25) is 9.59 Å². The summed E-state index contributed by atoms with van der Waals surface area (Å²) in [6.07, 6.45) is 1.39. The number of hydrogen-bond acceptors (Lipinski definition) is 4. The van der Waals surface area contributed by atoms with Crippen LogP contribution in [0.3, 0.4) is 0 Å². The van der Waals surface area contributed by atoms with Gasteiger partial charge in [0.1, 0.15) is 5.82 Å². The maximum atomic E-state index is 13.2. The number of hydrogen-bond donors (Lipinski definition) is 1. The Morgan fingerprint density at radius 1 is 0.944 bits per heavy atom. The number of rotatable bonds is 4. The summed E-state index contributed by atoms with van der Waals surface area (Å²) in [6.45, 7) is 0.861. The molecular weight excluding hydrogens is 459 g/mol. The summed E-state index contributed by atoms with van der Waals surface area (Å²) in [4.78, 5) is 39.1. The maximum absolute atomic E-state index is 13.2. The molecule has 1 fully saturated rings. The number of nitrogens with one attached hydrogen (secondary N) is 1. The van der Waals surface area contributed by atoms with Crippen molar-refractivity contribution in [2.75, 3.05) is 25.5 Å². The maximum Gasteiger partial charge on any atom is 0.337 e. The first-order valence-electron chi connectivity index (χ1n) is 11.6. The summed E-state index contributed by atoms with van der Waals surface area (Å²) in [5.74, 6) is 4.53. The molecule has 2 amide bonds. The number of esters is 1. The molecule has 36 heavy (non-hydrogen) atoms. The van der Waals surface area contributed by atoms with Crippen LogP contribution in [-0.2, 0) is 9.53 Å². The third kappa shape index (κ3) is 6.16. The van der Waals surface area contributed by atoms with Crippen molar-refractivity contribution in [2.45, 2.75) is 12.8 Å². The van der Waals surface area contributed by atoms with Crippen LogP contribution < -0.4 is 5.32 Å². The van der Waals surface area contributed by atoms with E-state index in [1.165, 1.54) is 31.4 Å². The van der Waals surface area contributed by atoms with Crippen molar-refractivity contribution in [1.82, 2.24) is 4.90 Å². The fraction of sp³-hybridized carbons (Fsp3) is 0.207. The number of carbonyl (C=O) groups excluding carboxylic acids is 3. The Bertz CT molecular complexity index is 1340. The molecule has 0 aliphatic carbocycles. The van der Waals surface area contributed by atoms with Crippen LogP contribution >= 0.6 is 0 Å². The number of likely N-dealkylation sites (tertiary alicyclic amines) is 1. The molecule has 7 heteroatoms. The number of amides is 2. The van der Waals surface area contributed by atoms with Crippen molar-refractivity contribution in [3.8, 4) is 11.8 Å². The van der Waals surface area contributed by atoms with Gasteiger partial charge in [-0.25, -0.2) is 9.18 Å². The molecule has 6 nitrogen and oxygen atoms in total. The molecule has 182 valence electrons. The molecule has 0 spiro atoms. The Balaban J connectivity index is 1.40. The summed E-state index contributed by atoms with van der Waals surface area (Å²) in [5.41, 5.74) is 2.80. The fourth-order valence-electron chi connectivity index (χ4n) is 4.06. The molecule has 0 aromatic heterocycles. The molecule has 3 aromatic rings. The molecular formula is C29H25FN2O4. The number of benzene rings is 3. The molecule has 3 aromatic carbocycles. The molecule has 1 heterocycles. The van der Waals surface area contributed by atoms with Gasteiger partial charge in [-0.05, 0) is 73.5 Å². The monoisotopic (exact) mass is 484 g/mol. The van der Waals surface area contributed by atoms with Crippen LogP contribution in [-0.4, -0.2) is 42.9 Å². The molecule has 1 atom stereocenters. The number of nitrogens with zero attached hydrogens (tertiary/aromatic N) is 1. The highest BCUT2D eigenvalue weighted by Crippen LogP contribution is 2.21. The van der Waals surface area contributed by atoms with Gasteiger partial charge in [-0.2, -0.15) is 0 Å². The van der Waals surface area contributed by atoms with Gasteiger partial charge in [0.15, 0.2) is 0 Å². The van der Waals surface area contributed by atoms with Gasteiger partial charge >= 0.3 is 5.97 Å². The van der Waals surface area contributed by atoms with E-state index in [2.05, 4.69) is 17.2 Å². The minimum atomic E-state index is -0.427. The topological polar surface area (TPSA) is 75.7 Å². The number of halogens is 1. The van der Waals surface area contributed by atoms with Gasteiger partial charge in [0.05, 0.1) is 18.6 Å². The van der Waals surface area contributed by atoms with E-state index in [4.69, 9.17) is 4.74 Å². The summed E-state index contributed by atoms with van der Waals surface area (Å²) >= 11 is 0. The standard InChI is InChI=1S/C29H25FN2O4/c1-36-29(35)23-7-2-5-20(17-23)10-11-21-6-3-9-26(18-21)31-27(33)24-8-4-16-32(19-24)28(34)22-12-14-25(30)15-13-22/h2-3,5-7,9,12-15,17-18,24H,4,8,16,19H2,1H3,(H,31,33). The average Bonchev–Trinajstić information content (AvgIpc) is 2.92. The van der Waals surface area contributed by atoms with Crippen molar-refractivity contribution in [3.05, 3.63) is 101 Å². The van der Waals surface area contributed by atoms with Crippen LogP contribution in [0.4, 0.5) is 10.1 Å². The highest BCUT2D eigenvalue weighted by atomic mass is 19.1. The van der Waals surface area contributed by atoms with Crippen molar-refractivity contribution in [3.63, 3.8) is 0 Å². The van der Waals surface area contributed by atoms with E-state index in [-0.39, 0.29) is 17.7 Å². The lowest BCUT2D eigenvalue weighted by Crippen LogP contribution is -2.43. The molecule has 1 saturated heterocycles. The van der Waals surface area contributed by atoms with E-state index >= 15 is 0 Å². The fourth-order valence-corrected chi connectivity index (χ4v) is 4.06. The smallest absolute Gasteiger partial charge is 0.337 e. The zero-order valence-corrected chi connectivity index (χ0v) is 19.8. The Labute approximate surface area is 209 Å². The van der Waals surface area contributed by atoms with Crippen molar-refractivity contribution in [1.29, 1.82) is 0 Å². The highest BCUT2D eigenvalue weighted by molar-refractivity contribution is 5.96. The van der Waals surface area contributed by atoms with E-state index in [1.807, 2.05) is 6.07 Å². The lowest BCUT2D eigenvalue weighted by molar-refractivity contribution is -0.121. The van der Waals surface area contributed by atoms with Crippen molar-refractivity contribution >= 4 is 23.5 Å². The van der Waals surface area contributed by atoms with Gasteiger partial charge in [0, 0.05) is 35.5 Å². The van der Waals surface area contributed by atoms with Crippen LogP contribution in [0.25, 0.3) is 0 Å². The Kier molecular flexibility index (Phi) is 7.76. The molecule has 1 aliphatic rings. The first-order valence-corrected chi connectivity index (χ1v) is 11.6. The largest absolute Gasteiger partial charge is 0.465 e. The summed E-state index contributed by atoms with van der Waals surface area (Å²) < 4.78 is 17.9. The second kappa shape index (κ2) is 11.3. The Hall–Kier alpha value is -4.44. The Morgan fingerprint density at radius 3 is 2.36 bits per heavy atom. The van der Waals surface area contributed by atoms with E-state index in [0.717, 1.165) is 0 Å². The number of anilines is 1. The Morgan fingerprint density at radius 2 is 1.64 bits per heavy atom. The summed E-state index contributed by atoms with van der Waals surface area (Å²) in [6, 6.07) is 19.5. The predicted octanol–water partition coefficient (Wildman–Crippen LogP) is 4.50. The van der Waals surface area contributed by atoms with Crippen molar-refractivity contribution < 1.29 is 23.5 Å². The highest BCUT2D eigenvalue weighted by Gasteiger charge is 2.29. The normalized spacial score (nSPS) is 14.8. The van der Waals surface area contributed by atoms with Gasteiger partial charge in [0.25, 0.3) is 5.91 Å². The molecule has 0 saturated carbocycles. The second-order valence-electron chi connectivity index (χ2n) is 8.49. The predicted molar refractivity (Wildman–Crippen MR) is 134 cm³/mol. The molecule has 0 bridgehead atoms. The summed E-state index contributed by atoms with van der Waals surface area (Å²) in [7, 11) is 1.33. The van der Waals surface area contributed by atoms with Gasteiger partial charge in [0.2, 0.25) is 5.91 Å². The second-order valence-corrected chi connectivity index (χ2v) is 8.49. The minimum absolute atomic E-state index is 0.164. The van der Waals surface area contributed by atoms with Gasteiger partial charge in [-0.15, -0.1) is 0 Å². The molecule has 1 N–H and O–H groups in total. The van der Waals surface area contributed by atoms with Crippen LogP contribution in [0.1, 0.15) is 44.7 Å². The molecule has 4 rings (SSSR count). The van der Waals surface area contributed by atoms with Crippen LogP contribution in [0, 0.1) is 23.6 Å². The lowest BCUT2D eigenvalue weighted by atomic mass is 9.96. The SMILES string of the molecule is COC(=O)c1cccc(C#Cc2cccc(NC(=O)C3CCCN(C(=O)c4ccc(F)cc4)C3)c2)c1. The number of methoxy groups -OCH3 is 1.